The number of carbonyl (C=O) groups excluding carboxylic acids is 1. The van der Waals surface area contributed by atoms with Crippen molar-refractivity contribution in [2.75, 3.05) is 29.0 Å². The average molecular weight is 337 g/mol. The highest BCUT2D eigenvalue weighted by Crippen LogP contribution is 2.32. The van der Waals surface area contributed by atoms with Gasteiger partial charge in [-0.3, -0.25) is 14.6 Å². The summed E-state index contributed by atoms with van der Waals surface area (Å²) in [4.78, 5) is 33.9. The summed E-state index contributed by atoms with van der Waals surface area (Å²) in [5.41, 5.74) is 7.81. The molecule has 2 aliphatic heterocycles. The molecule has 0 bridgehead atoms. The first-order valence-electron chi connectivity index (χ1n) is 8.40. The van der Waals surface area contributed by atoms with Crippen LogP contribution >= 0.6 is 0 Å². The van der Waals surface area contributed by atoms with E-state index >= 15 is 0 Å². The lowest BCUT2D eigenvalue weighted by Crippen LogP contribution is -2.33. The van der Waals surface area contributed by atoms with E-state index in [9.17, 15) is 9.59 Å². The zero-order valence-electron chi connectivity index (χ0n) is 13.7. The number of piperidine rings is 1. The van der Waals surface area contributed by atoms with Gasteiger partial charge in [0.05, 0.1) is 5.56 Å². The smallest absolute Gasteiger partial charge is 0.261 e. The molecule has 128 valence electrons. The summed E-state index contributed by atoms with van der Waals surface area (Å²) in [5, 5.41) is 2.78. The Bertz CT molecular complexity index is 925. The summed E-state index contributed by atoms with van der Waals surface area (Å²) >= 11 is 0. The van der Waals surface area contributed by atoms with Gasteiger partial charge in [0.25, 0.3) is 11.5 Å². The maximum absolute atomic E-state index is 12.5. The number of benzene rings is 1. The minimum atomic E-state index is -0.335. The number of aromatic nitrogens is 2. The number of hydrogen-bond donors (Lipinski definition) is 3. The van der Waals surface area contributed by atoms with Gasteiger partial charge in [-0.2, -0.15) is 4.98 Å². The lowest BCUT2D eigenvalue weighted by molar-refractivity contribution is -0.110. The number of amides is 1. The lowest BCUT2D eigenvalue weighted by atomic mass is 10.0. The standard InChI is InChI=1S/C18H19N5O2/c19-15-13(10-12-11-6-2-3-7-14(11)20-16(12)24)17(25)22-18(21-15)23-8-4-1-5-9-23/h2-3,6-7,10H,1,4-5,8-9H2,(H,20,24)(H3,19,21,22,25)/b12-10+. The van der Waals surface area contributed by atoms with Crippen molar-refractivity contribution in [3.63, 3.8) is 0 Å². The van der Waals surface area contributed by atoms with Gasteiger partial charge in [0, 0.05) is 29.9 Å². The number of carbonyl (C=O) groups is 1. The number of nitrogen functional groups attached to an aromatic ring is 1. The third kappa shape index (κ3) is 2.77. The van der Waals surface area contributed by atoms with E-state index in [4.69, 9.17) is 5.73 Å². The first kappa shape index (κ1) is 15.4. The average Bonchev–Trinajstić information content (AvgIpc) is 2.94. The molecule has 1 aromatic heterocycles. The van der Waals surface area contributed by atoms with Gasteiger partial charge in [0.2, 0.25) is 5.95 Å². The normalized spacial score (nSPS) is 18.3. The molecule has 1 saturated heterocycles. The first-order chi connectivity index (χ1) is 12.1. The zero-order chi connectivity index (χ0) is 17.4. The molecule has 7 heteroatoms. The number of hydrogen-bond acceptors (Lipinski definition) is 5. The van der Waals surface area contributed by atoms with Crippen LogP contribution in [0.2, 0.25) is 0 Å². The summed E-state index contributed by atoms with van der Waals surface area (Å²) < 4.78 is 0. The second kappa shape index (κ2) is 6.08. The molecule has 7 nitrogen and oxygen atoms in total. The van der Waals surface area contributed by atoms with Crippen molar-refractivity contribution in [1.82, 2.24) is 9.97 Å². The number of fused-ring (bicyclic) bond motifs is 1. The third-order valence-corrected chi connectivity index (χ3v) is 4.63. The summed E-state index contributed by atoms with van der Waals surface area (Å²) in [6.07, 6.45) is 4.86. The molecule has 0 spiro atoms. The Labute approximate surface area is 144 Å². The minimum Gasteiger partial charge on any atom is -0.383 e. The molecule has 4 rings (SSSR count). The van der Waals surface area contributed by atoms with Gasteiger partial charge in [-0.15, -0.1) is 0 Å². The molecular weight excluding hydrogens is 318 g/mol. The van der Waals surface area contributed by atoms with Crippen molar-refractivity contribution >= 4 is 35.0 Å². The van der Waals surface area contributed by atoms with Crippen LogP contribution in [0.4, 0.5) is 17.5 Å². The zero-order valence-corrected chi connectivity index (χ0v) is 13.7. The molecule has 4 N–H and O–H groups in total. The Morgan fingerprint density at radius 2 is 1.88 bits per heavy atom. The molecular formula is C18H19N5O2. The van der Waals surface area contributed by atoms with E-state index in [1.807, 2.05) is 29.2 Å². The van der Waals surface area contributed by atoms with Crippen molar-refractivity contribution in [3.05, 3.63) is 45.7 Å². The quantitative estimate of drug-likeness (QED) is 0.725. The number of nitrogens with two attached hydrogens (primary N) is 1. The lowest BCUT2D eigenvalue weighted by Gasteiger charge is -2.27. The Balaban J connectivity index is 1.74. The van der Waals surface area contributed by atoms with E-state index in [0.29, 0.717) is 11.5 Å². The van der Waals surface area contributed by atoms with Crippen LogP contribution in [0.15, 0.2) is 29.1 Å². The molecule has 1 aromatic carbocycles. The maximum atomic E-state index is 12.5. The van der Waals surface area contributed by atoms with Crippen molar-refractivity contribution in [2.24, 2.45) is 0 Å². The van der Waals surface area contributed by atoms with Gasteiger partial charge in [-0.1, -0.05) is 18.2 Å². The van der Waals surface area contributed by atoms with Crippen molar-refractivity contribution in [1.29, 1.82) is 0 Å². The van der Waals surface area contributed by atoms with Crippen molar-refractivity contribution in [2.45, 2.75) is 19.3 Å². The van der Waals surface area contributed by atoms with E-state index in [1.165, 1.54) is 12.5 Å². The van der Waals surface area contributed by atoms with Crippen LogP contribution < -0.4 is 21.5 Å². The summed E-state index contributed by atoms with van der Waals surface area (Å²) in [5.74, 6) is 0.384. The number of nitrogens with zero attached hydrogens (tertiary/aromatic N) is 2. The maximum Gasteiger partial charge on any atom is 0.261 e. The number of H-pyrrole nitrogens is 1. The third-order valence-electron chi connectivity index (χ3n) is 4.63. The van der Waals surface area contributed by atoms with E-state index in [1.54, 1.807) is 0 Å². The van der Waals surface area contributed by atoms with E-state index < -0.39 is 0 Å². The molecule has 3 heterocycles. The fourth-order valence-corrected chi connectivity index (χ4v) is 3.31. The van der Waals surface area contributed by atoms with Gasteiger partial charge in [-0.05, 0) is 31.4 Å². The van der Waals surface area contributed by atoms with Crippen LogP contribution in [0.3, 0.4) is 0 Å². The molecule has 2 aliphatic rings. The van der Waals surface area contributed by atoms with Crippen LogP contribution in [-0.2, 0) is 4.79 Å². The van der Waals surface area contributed by atoms with Crippen LogP contribution in [0.1, 0.15) is 30.4 Å². The Hall–Kier alpha value is -3.09. The first-order valence-corrected chi connectivity index (χ1v) is 8.40. The summed E-state index contributed by atoms with van der Waals surface area (Å²) in [6, 6.07) is 7.34. The Kier molecular flexibility index (Phi) is 3.76. The molecule has 1 fully saturated rings. The van der Waals surface area contributed by atoms with Crippen molar-refractivity contribution < 1.29 is 4.79 Å². The van der Waals surface area contributed by atoms with E-state index in [0.717, 1.165) is 37.2 Å². The molecule has 2 aromatic rings. The van der Waals surface area contributed by atoms with Crippen LogP contribution in [0, 0.1) is 0 Å². The predicted octanol–water partition coefficient (Wildman–Crippen LogP) is 1.84. The highest BCUT2D eigenvalue weighted by atomic mass is 16.2. The SMILES string of the molecule is Nc1nc(N2CCCCC2)[nH]c(=O)c1/C=C1/C(=O)Nc2ccccc21. The Morgan fingerprint density at radius 3 is 2.64 bits per heavy atom. The molecule has 0 saturated carbocycles. The number of rotatable bonds is 2. The van der Waals surface area contributed by atoms with Gasteiger partial charge >= 0.3 is 0 Å². The molecule has 0 aliphatic carbocycles. The topological polar surface area (TPSA) is 104 Å². The number of nitrogens with one attached hydrogen (secondary N) is 2. The largest absolute Gasteiger partial charge is 0.383 e. The fourth-order valence-electron chi connectivity index (χ4n) is 3.31. The van der Waals surface area contributed by atoms with Gasteiger partial charge in [0.1, 0.15) is 5.82 Å². The monoisotopic (exact) mass is 337 g/mol. The number of aromatic amines is 1. The van der Waals surface area contributed by atoms with Gasteiger partial charge in [0.15, 0.2) is 0 Å². The van der Waals surface area contributed by atoms with Crippen molar-refractivity contribution in [3.8, 4) is 0 Å². The molecule has 1 amide bonds. The second-order valence-corrected chi connectivity index (χ2v) is 6.29. The fraction of sp³-hybridized carbons (Fsp3) is 0.278. The second-order valence-electron chi connectivity index (χ2n) is 6.29. The van der Waals surface area contributed by atoms with Crippen LogP contribution in [0.25, 0.3) is 11.6 Å². The van der Waals surface area contributed by atoms with Gasteiger partial charge in [-0.25, -0.2) is 0 Å². The van der Waals surface area contributed by atoms with Gasteiger partial charge < -0.3 is 16.0 Å². The molecule has 0 unspecified atom stereocenters. The number of para-hydroxylation sites is 1. The predicted molar refractivity (Wildman–Crippen MR) is 98.3 cm³/mol. The highest BCUT2D eigenvalue weighted by Gasteiger charge is 2.24. The summed E-state index contributed by atoms with van der Waals surface area (Å²) in [6.45, 7) is 1.72. The van der Waals surface area contributed by atoms with E-state index in [2.05, 4.69) is 15.3 Å². The van der Waals surface area contributed by atoms with Crippen LogP contribution in [0.5, 0.6) is 0 Å². The molecule has 0 atom stereocenters. The molecule has 25 heavy (non-hydrogen) atoms. The number of anilines is 3. The van der Waals surface area contributed by atoms with Crippen LogP contribution in [-0.4, -0.2) is 29.0 Å². The minimum absolute atomic E-state index is 0.133. The molecule has 0 radical (unpaired) electrons. The highest BCUT2D eigenvalue weighted by molar-refractivity contribution is 6.35. The Morgan fingerprint density at radius 1 is 1.12 bits per heavy atom. The van der Waals surface area contributed by atoms with E-state index in [-0.39, 0.29) is 22.8 Å². The summed E-state index contributed by atoms with van der Waals surface area (Å²) in [7, 11) is 0.